The van der Waals surface area contributed by atoms with Crippen LogP contribution in [-0.4, -0.2) is 31.7 Å². The predicted molar refractivity (Wildman–Crippen MR) is 98.5 cm³/mol. The topological polar surface area (TPSA) is 66.5 Å². The average Bonchev–Trinajstić information content (AvgIpc) is 3.17. The highest BCUT2D eigenvalue weighted by atomic mass is 32.2. The molecule has 0 bridgehead atoms. The number of hydrogen-bond donors (Lipinski definition) is 1. The number of anilines is 1. The van der Waals surface area contributed by atoms with E-state index in [1.54, 1.807) is 18.2 Å². The van der Waals surface area contributed by atoms with Gasteiger partial charge in [0.25, 0.3) is 0 Å². The third-order valence-electron chi connectivity index (χ3n) is 4.05. The number of rotatable bonds is 5. The van der Waals surface area contributed by atoms with Crippen LogP contribution in [0.15, 0.2) is 65.6 Å². The monoisotopic (exact) mass is 356 g/mol. The highest BCUT2D eigenvalue weighted by Crippen LogP contribution is 2.22. The molecule has 0 radical (unpaired) electrons. The summed E-state index contributed by atoms with van der Waals surface area (Å²) in [6.07, 6.45) is 4.98. The maximum Gasteiger partial charge on any atom is 0.248 e. The fourth-order valence-electron chi connectivity index (χ4n) is 2.71. The first-order chi connectivity index (χ1) is 12.1. The molecule has 130 valence electrons. The minimum Gasteiger partial charge on any atom is -0.323 e. The van der Waals surface area contributed by atoms with Gasteiger partial charge >= 0.3 is 0 Å². The van der Waals surface area contributed by atoms with Gasteiger partial charge in [0.1, 0.15) is 0 Å². The summed E-state index contributed by atoms with van der Waals surface area (Å²) in [7, 11) is -3.42. The van der Waals surface area contributed by atoms with E-state index in [2.05, 4.69) is 5.32 Å². The van der Waals surface area contributed by atoms with Gasteiger partial charge in [0.05, 0.1) is 4.90 Å². The van der Waals surface area contributed by atoms with Crippen molar-refractivity contribution < 1.29 is 13.2 Å². The Morgan fingerprint density at radius 3 is 2.24 bits per heavy atom. The molecule has 25 heavy (non-hydrogen) atoms. The van der Waals surface area contributed by atoms with Crippen molar-refractivity contribution in [3.05, 3.63) is 66.2 Å². The van der Waals surface area contributed by atoms with Crippen molar-refractivity contribution >= 4 is 27.7 Å². The zero-order valence-corrected chi connectivity index (χ0v) is 14.6. The van der Waals surface area contributed by atoms with E-state index in [9.17, 15) is 13.2 Å². The Bertz CT molecular complexity index is 853. The number of hydrogen-bond acceptors (Lipinski definition) is 3. The molecule has 3 rings (SSSR count). The SMILES string of the molecule is O=C(/C=C/c1ccccc1)Nc1ccc(S(=O)(=O)N2CCCC2)cc1. The van der Waals surface area contributed by atoms with Crippen LogP contribution in [0, 0.1) is 0 Å². The molecule has 0 aliphatic carbocycles. The van der Waals surface area contributed by atoms with E-state index in [4.69, 9.17) is 0 Å². The Hall–Kier alpha value is -2.44. The first-order valence-electron chi connectivity index (χ1n) is 8.20. The van der Waals surface area contributed by atoms with Gasteiger partial charge in [0.15, 0.2) is 0 Å². The molecule has 0 atom stereocenters. The van der Waals surface area contributed by atoms with Gasteiger partial charge < -0.3 is 5.32 Å². The molecule has 0 aromatic heterocycles. The van der Waals surface area contributed by atoms with E-state index in [1.165, 1.54) is 22.5 Å². The maximum absolute atomic E-state index is 12.5. The van der Waals surface area contributed by atoms with Crippen molar-refractivity contribution in [1.82, 2.24) is 4.31 Å². The Labute approximate surface area is 148 Å². The zero-order valence-electron chi connectivity index (χ0n) is 13.8. The summed E-state index contributed by atoms with van der Waals surface area (Å²) in [5, 5.41) is 2.73. The van der Waals surface area contributed by atoms with Crippen LogP contribution in [0.2, 0.25) is 0 Å². The summed E-state index contributed by atoms with van der Waals surface area (Å²) in [6, 6.07) is 15.8. The second kappa shape index (κ2) is 7.63. The number of nitrogens with zero attached hydrogens (tertiary/aromatic N) is 1. The minimum absolute atomic E-state index is 0.257. The molecule has 0 unspecified atom stereocenters. The van der Waals surface area contributed by atoms with Gasteiger partial charge in [-0.1, -0.05) is 30.3 Å². The predicted octanol–water partition coefficient (Wildman–Crippen LogP) is 3.12. The quantitative estimate of drug-likeness (QED) is 0.837. The maximum atomic E-state index is 12.5. The van der Waals surface area contributed by atoms with Crippen molar-refractivity contribution in [3.8, 4) is 0 Å². The van der Waals surface area contributed by atoms with Crippen molar-refractivity contribution in [3.63, 3.8) is 0 Å². The molecule has 5 nitrogen and oxygen atoms in total. The molecular weight excluding hydrogens is 336 g/mol. The molecule has 2 aromatic carbocycles. The van der Waals surface area contributed by atoms with E-state index < -0.39 is 10.0 Å². The van der Waals surface area contributed by atoms with Crippen LogP contribution in [0.25, 0.3) is 6.08 Å². The van der Waals surface area contributed by atoms with Crippen molar-refractivity contribution in [2.75, 3.05) is 18.4 Å². The van der Waals surface area contributed by atoms with Crippen molar-refractivity contribution in [2.24, 2.45) is 0 Å². The van der Waals surface area contributed by atoms with Crippen LogP contribution >= 0.6 is 0 Å². The van der Waals surface area contributed by atoms with E-state index in [-0.39, 0.29) is 10.8 Å². The number of benzene rings is 2. The Morgan fingerprint density at radius 2 is 1.60 bits per heavy atom. The van der Waals surface area contributed by atoms with Gasteiger partial charge in [-0.3, -0.25) is 4.79 Å². The molecular formula is C19H20N2O3S. The average molecular weight is 356 g/mol. The Balaban J connectivity index is 1.64. The molecule has 1 aliphatic heterocycles. The molecule has 6 heteroatoms. The Kier molecular flexibility index (Phi) is 5.31. The smallest absolute Gasteiger partial charge is 0.248 e. The lowest BCUT2D eigenvalue weighted by Gasteiger charge is -2.15. The third-order valence-corrected chi connectivity index (χ3v) is 5.96. The molecule has 1 N–H and O–H groups in total. The van der Waals surface area contributed by atoms with Gasteiger partial charge in [0.2, 0.25) is 15.9 Å². The fraction of sp³-hybridized carbons (Fsp3) is 0.211. The van der Waals surface area contributed by atoms with E-state index in [1.807, 2.05) is 30.3 Å². The molecule has 0 spiro atoms. The van der Waals surface area contributed by atoms with Gasteiger partial charge in [-0.15, -0.1) is 0 Å². The van der Waals surface area contributed by atoms with Gasteiger partial charge in [0, 0.05) is 24.9 Å². The largest absolute Gasteiger partial charge is 0.323 e. The third kappa shape index (κ3) is 4.35. The second-order valence-corrected chi connectivity index (χ2v) is 7.81. The Morgan fingerprint density at radius 1 is 0.960 bits per heavy atom. The van der Waals surface area contributed by atoms with Gasteiger partial charge in [-0.2, -0.15) is 4.31 Å². The summed E-state index contributed by atoms with van der Waals surface area (Å²) in [5.74, 6) is -0.265. The van der Waals surface area contributed by atoms with Gasteiger partial charge in [-0.05, 0) is 48.7 Å². The van der Waals surface area contributed by atoms with Crippen molar-refractivity contribution in [1.29, 1.82) is 0 Å². The molecule has 0 saturated carbocycles. The zero-order chi connectivity index (χ0) is 17.7. The van der Waals surface area contributed by atoms with Crippen LogP contribution in [0.5, 0.6) is 0 Å². The molecule has 2 aromatic rings. The first kappa shape index (κ1) is 17.4. The summed E-state index contributed by atoms with van der Waals surface area (Å²) >= 11 is 0. The van der Waals surface area contributed by atoms with Gasteiger partial charge in [-0.25, -0.2) is 8.42 Å². The highest BCUT2D eigenvalue weighted by molar-refractivity contribution is 7.89. The normalized spacial score (nSPS) is 15.5. The number of nitrogens with one attached hydrogen (secondary N) is 1. The standard InChI is InChI=1S/C19H20N2O3S/c22-19(13-8-16-6-2-1-3-7-16)20-17-9-11-18(12-10-17)25(23,24)21-14-4-5-15-21/h1-3,6-13H,4-5,14-15H2,(H,20,22)/b13-8+. The number of sulfonamides is 1. The minimum atomic E-state index is -3.42. The fourth-order valence-corrected chi connectivity index (χ4v) is 4.22. The molecule has 1 saturated heterocycles. The van der Waals surface area contributed by atoms with E-state index in [0.717, 1.165) is 18.4 Å². The highest BCUT2D eigenvalue weighted by Gasteiger charge is 2.26. The molecule has 1 amide bonds. The molecule has 1 aliphatic rings. The molecule has 1 fully saturated rings. The van der Waals surface area contributed by atoms with Crippen LogP contribution in [-0.2, 0) is 14.8 Å². The summed E-state index contributed by atoms with van der Waals surface area (Å²) in [4.78, 5) is 12.2. The van der Waals surface area contributed by atoms with Crippen LogP contribution in [0.1, 0.15) is 18.4 Å². The van der Waals surface area contributed by atoms with E-state index in [0.29, 0.717) is 18.8 Å². The number of amides is 1. The first-order valence-corrected chi connectivity index (χ1v) is 9.64. The van der Waals surface area contributed by atoms with Crippen LogP contribution in [0.4, 0.5) is 5.69 Å². The van der Waals surface area contributed by atoms with Crippen LogP contribution in [0.3, 0.4) is 0 Å². The lowest BCUT2D eigenvalue weighted by atomic mass is 10.2. The lowest BCUT2D eigenvalue weighted by molar-refractivity contribution is -0.111. The van der Waals surface area contributed by atoms with Crippen LogP contribution < -0.4 is 5.32 Å². The summed E-state index contributed by atoms with van der Waals surface area (Å²) < 4.78 is 26.4. The summed E-state index contributed by atoms with van der Waals surface area (Å²) in [5.41, 5.74) is 1.49. The second-order valence-electron chi connectivity index (χ2n) is 5.87. The number of carbonyl (C=O) groups excluding carboxylic acids is 1. The van der Waals surface area contributed by atoms with Crippen molar-refractivity contribution in [2.45, 2.75) is 17.7 Å². The van der Waals surface area contributed by atoms with E-state index >= 15 is 0 Å². The lowest BCUT2D eigenvalue weighted by Crippen LogP contribution is -2.27. The summed E-state index contributed by atoms with van der Waals surface area (Å²) in [6.45, 7) is 1.15. The molecule has 1 heterocycles. The number of carbonyl (C=O) groups is 1.